The zero-order valence-electron chi connectivity index (χ0n) is 12.3. The molecule has 0 saturated carbocycles. The second-order valence-corrected chi connectivity index (χ2v) is 6.30. The number of thiazole rings is 1. The summed E-state index contributed by atoms with van der Waals surface area (Å²) in [6.07, 6.45) is 6.49. The van der Waals surface area contributed by atoms with Gasteiger partial charge in [-0.1, -0.05) is 0 Å². The second kappa shape index (κ2) is 5.93. The van der Waals surface area contributed by atoms with Gasteiger partial charge in [0.05, 0.1) is 12.3 Å². The topological polar surface area (TPSA) is 52.1 Å². The molecule has 1 atom stereocenters. The smallest absolute Gasteiger partial charge is 0.315 e. The molecule has 1 unspecified atom stereocenters. The number of esters is 1. The minimum absolute atomic E-state index is 0.141. The predicted octanol–water partition coefficient (Wildman–Crippen LogP) is 3.50. The number of rotatable bonds is 3. The van der Waals surface area contributed by atoms with E-state index in [0.29, 0.717) is 6.61 Å². The minimum Gasteiger partial charge on any atom is -0.465 e. The highest BCUT2D eigenvalue weighted by Crippen LogP contribution is 2.39. The molecule has 0 spiro atoms. The number of carbonyl (C=O) groups excluding carboxylic acids is 1. The third-order valence-electron chi connectivity index (χ3n) is 3.79. The van der Waals surface area contributed by atoms with Crippen LogP contribution in [-0.4, -0.2) is 22.5 Å². The maximum Gasteiger partial charge on any atom is 0.315 e. The Hall–Kier alpha value is -1.75. The molecule has 0 fully saturated rings. The van der Waals surface area contributed by atoms with E-state index >= 15 is 0 Å². The van der Waals surface area contributed by atoms with Crippen LogP contribution in [0.25, 0.3) is 10.6 Å². The number of ether oxygens (including phenoxy) is 1. The molecule has 0 radical (unpaired) electrons. The highest BCUT2D eigenvalue weighted by atomic mass is 32.1. The summed E-state index contributed by atoms with van der Waals surface area (Å²) in [5, 5.41) is 0.960. The standard InChI is InChI=1S/C16H18N2O2S/c1-3-20-16(19)11-5-4-6-13-14(11)18-15(21-13)12-9-17-8-7-10(12)2/h7-9,11H,3-6H2,1-2H3. The molecule has 0 saturated heterocycles. The van der Waals surface area contributed by atoms with Crippen molar-refractivity contribution in [1.82, 2.24) is 9.97 Å². The number of aromatic nitrogens is 2. The first-order chi connectivity index (χ1) is 10.2. The maximum absolute atomic E-state index is 12.1. The van der Waals surface area contributed by atoms with Gasteiger partial charge in [-0.05, 0) is 44.7 Å². The van der Waals surface area contributed by atoms with E-state index in [2.05, 4.69) is 11.9 Å². The zero-order chi connectivity index (χ0) is 14.8. The van der Waals surface area contributed by atoms with E-state index < -0.39 is 0 Å². The molecule has 2 heterocycles. The number of pyridine rings is 1. The summed E-state index contributed by atoms with van der Waals surface area (Å²) >= 11 is 1.68. The first kappa shape index (κ1) is 14.2. The molecule has 2 aromatic rings. The Morgan fingerprint density at radius 3 is 3.14 bits per heavy atom. The Balaban J connectivity index is 1.98. The van der Waals surface area contributed by atoms with Crippen molar-refractivity contribution in [3.63, 3.8) is 0 Å². The van der Waals surface area contributed by atoms with Crippen LogP contribution in [0, 0.1) is 6.92 Å². The average molecular weight is 302 g/mol. The maximum atomic E-state index is 12.1. The molecule has 1 aliphatic carbocycles. The van der Waals surface area contributed by atoms with E-state index in [4.69, 9.17) is 9.72 Å². The molecular weight excluding hydrogens is 284 g/mol. The summed E-state index contributed by atoms with van der Waals surface area (Å²) < 4.78 is 5.19. The van der Waals surface area contributed by atoms with Crippen LogP contribution in [0.3, 0.4) is 0 Å². The fraction of sp³-hybridized carbons (Fsp3) is 0.438. The lowest BCUT2D eigenvalue weighted by atomic mass is 9.91. The molecule has 0 aromatic carbocycles. The van der Waals surface area contributed by atoms with Crippen molar-refractivity contribution in [3.8, 4) is 10.6 Å². The van der Waals surface area contributed by atoms with Crippen molar-refractivity contribution < 1.29 is 9.53 Å². The average Bonchev–Trinajstić information content (AvgIpc) is 2.91. The number of hydrogen-bond donors (Lipinski definition) is 0. The number of aryl methyl sites for hydroxylation is 2. The molecule has 1 aliphatic rings. The van der Waals surface area contributed by atoms with E-state index in [-0.39, 0.29) is 11.9 Å². The van der Waals surface area contributed by atoms with E-state index in [1.807, 2.05) is 19.2 Å². The molecule has 5 heteroatoms. The number of fused-ring (bicyclic) bond motifs is 1. The van der Waals surface area contributed by atoms with Crippen LogP contribution >= 0.6 is 11.3 Å². The van der Waals surface area contributed by atoms with Gasteiger partial charge in [0.2, 0.25) is 0 Å². The van der Waals surface area contributed by atoms with Gasteiger partial charge in [-0.25, -0.2) is 4.98 Å². The van der Waals surface area contributed by atoms with Gasteiger partial charge < -0.3 is 4.74 Å². The molecule has 4 nitrogen and oxygen atoms in total. The van der Waals surface area contributed by atoms with Crippen molar-refractivity contribution in [2.75, 3.05) is 6.61 Å². The first-order valence-electron chi connectivity index (χ1n) is 7.28. The number of carbonyl (C=O) groups is 1. The van der Waals surface area contributed by atoms with Crippen LogP contribution < -0.4 is 0 Å². The van der Waals surface area contributed by atoms with Crippen LogP contribution in [0.5, 0.6) is 0 Å². The fourth-order valence-corrected chi connectivity index (χ4v) is 3.93. The van der Waals surface area contributed by atoms with Crippen LogP contribution in [0.2, 0.25) is 0 Å². The Morgan fingerprint density at radius 1 is 1.52 bits per heavy atom. The van der Waals surface area contributed by atoms with Crippen molar-refractivity contribution in [3.05, 3.63) is 34.6 Å². The van der Waals surface area contributed by atoms with Crippen LogP contribution in [0.15, 0.2) is 18.5 Å². The molecular formula is C16H18N2O2S. The molecule has 3 rings (SSSR count). The summed E-state index contributed by atoms with van der Waals surface area (Å²) in [5.74, 6) is -0.339. The number of hydrogen-bond acceptors (Lipinski definition) is 5. The summed E-state index contributed by atoms with van der Waals surface area (Å²) in [6, 6.07) is 1.98. The van der Waals surface area contributed by atoms with E-state index in [9.17, 15) is 4.79 Å². The minimum atomic E-state index is -0.198. The van der Waals surface area contributed by atoms with Gasteiger partial charge >= 0.3 is 5.97 Å². The molecule has 0 bridgehead atoms. The van der Waals surface area contributed by atoms with Gasteiger partial charge in [0.25, 0.3) is 0 Å². The van der Waals surface area contributed by atoms with Crippen LogP contribution in [-0.2, 0) is 16.0 Å². The quantitative estimate of drug-likeness (QED) is 0.814. The third-order valence-corrected chi connectivity index (χ3v) is 4.96. The van der Waals surface area contributed by atoms with Gasteiger partial charge in [-0.3, -0.25) is 9.78 Å². The van der Waals surface area contributed by atoms with Gasteiger partial charge in [0.15, 0.2) is 0 Å². The van der Waals surface area contributed by atoms with Crippen molar-refractivity contribution in [1.29, 1.82) is 0 Å². The van der Waals surface area contributed by atoms with E-state index in [1.165, 1.54) is 4.88 Å². The highest BCUT2D eigenvalue weighted by molar-refractivity contribution is 7.15. The van der Waals surface area contributed by atoms with Gasteiger partial charge in [0, 0.05) is 22.8 Å². The van der Waals surface area contributed by atoms with Gasteiger partial charge in [0.1, 0.15) is 10.9 Å². The van der Waals surface area contributed by atoms with E-state index in [0.717, 1.165) is 41.1 Å². The zero-order valence-corrected chi connectivity index (χ0v) is 13.1. The van der Waals surface area contributed by atoms with Crippen molar-refractivity contribution >= 4 is 17.3 Å². The Bertz CT molecular complexity index is 666. The lowest BCUT2D eigenvalue weighted by molar-refractivity contribution is -0.145. The molecule has 0 amide bonds. The monoisotopic (exact) mass is 302 g/mol. The van der Waals surface area contributed by atoms with Crippen molar-refractivity contribution in [2.24, 2.45) is 0 Å². The van der Waals surface area contributed by atoms with Crippen molar-refractivity contribution in [2.45, 2.75) is 39.0 Å². The molecule has 2 aromatic heterocycles. The van der Waals surface area contributed by atoms with Gasteiger partial charge in [-0.15, -0.1) is 11.3 Å². The second-order valence-electron chi connectivity index (χ2n) is 5.21. The Kier molecular flexibility index (Phi) is 4.01. The Morgan fingerprint density at radius 2 is 2.38 bits per heavy atom. The summed E-state index contributed by atoms with van der Waals surface area (Å²) in [5.41, 5.74) is 3.13. The third kappa shape index (κ3) is 2.70. The van der Waals surface area contributed by atoms with Crippen LogP contribution in [0.4, 0.5) is 0 Å². The summed E-state index contributed by atoms with van der Waals surface area (Å²) in [6.45, 7) is 4.32. The predicted molar refractivity (Wildman–Crippen MR) is 82.4 cm³/mol. The van der Waals surface area contributed by atoms with E-state index in [1.54, 1.807) is 17.5 Å². The molecule has 110 valence electrons. The summed E-state index contributed by atoms with van der Waals surface area (Å²) in [7, 11) is 0. The summed E-state index contributed by atoms with van der Waals surface area (Å²) in [4.78, 5) is 22.3. The lowest BCUT2D eigenvalue weighted by Crippen LogP contribution is -2.20. The van der Waals surface area contributed by atoms with Crippen LogP contribution in [0.1, 0.15) is 41.8 Å². The fourth-order valence-electron chi connectivity index (χ4n) is 2.69. The Labute approximate surface area is 128 Å². The largest absolute Gasteiger partial charge is 0.465 e. The normalized spacial score (nSPS) is 17.3. The molecule has 0 N–H and O–H groups in total. The SMILES string of the molecule is CCOC(=O)C1CCCc2sc(-c3cnccc3C)nc21. The number of nitrogens with zero attached hydrogens (tertiary/aromatic N) is 2. The highest BCUT2D eigenvalue weighted by Gasteiger charge is 2.31. The van der Waals surface area contributed by atoms with Gasteiger partial charge in [-0.2, -0.15) is 0 Å². The first-order valence-corrected chi connectivity index (χ1v) is 8.09. The molecule has 0 aliphatic heterocycles. The molecule has 21 heavy (non-hydrogen) atoms. The lowest BCUT2D eigenvalue weighted by Gasteiger charge is -2.19.